The number of carbonyl (C=O) groups is 2. The number of benzene rings is 1. The molecule has 1 aromatic carbocycles. The van der Waals surface area contributed by atoms with Gasteiger partial charge in [0.05, 0.1) is 0 Å². The minimum absolute atomic E-state index is 0.0812. The van der Waals surface area contributed by atoms with Gasteiger partial charge < -0.3 is 14.7 Å². The van der Waals surface area contributed by atoms with Crippen LogP contribution in [0.3, 0.4) is 0 Å². The highest BCUT2D eigenvalue weighted by molar-refractivity contribution is 5.97. The Morgan fingerprint density at radius 1 is 0.846 bits per heavy atom. The van der Waals surface area contributed by atoms with Crippen molar-refractivity contribution in [2.45, 2.75) is 32.1 Å². The van der Waals surface area contributed by atoms with Crippen LogP contribution in [0.2, 0.25) is 0 Å². The molecule has 4 rings (SSSR count). The minimum Gasteiger partial charge on any atom is -0.340 e. The molecule has 0 atom stereocenters. The summed E-state index contributed by atoms with van der Waals surface area (Å²) in [6.45, 7) is 4.43. The third-order valence-electron chi connectivity index (χ3n) is 6.39. The summed E-state index contributed by atoms with van der Waals surface area (Å²) < 4.78 is 0. The number of hydrogen-bond acceptors (Lipinski definition) is 3. The third-order valence-corrected chi connectivity index (χ3v) is 6.39. The zero-order valence-corrected chi connectivity index (χ0v) is 15.7. The minimum atomic E-state index is 0.0812. The molecular weight excluding hydrogens is 326 g/mol. The van der Waals surface area contributed by atoms with Crippen LogP contribution in [-0.2, 0) is 16.0 Å². The highest BCUT2D eigenvalue weighted by Gasteiger charge is 2.36. The van der Waals surface area contributed by atoms with Crippen LogP contribution >= 0.6 is 0 Å². The van der Waals surface area contributed by atoms with Gasteiger partial charge in [0, 0.05) is 50.2 Å². The second-order valence-electron chi connectivity index (χ2n) is 8.05. The van der Waals surface area contributed by atoms with Crippen molar-refractivity contribution in [2.24, 2.45) is 11.8 Å². The molecule has 2 heterocycles. The lowest BCUT2D eigenvalue weighted by molar-refractivity contribution is -0.139. The van der Waals surface area contributed by atoms with Crippen LogP contribution < -0.4 is 4.90 Å². The summed E-state index contributed by atoms with van der Waals surface area (Å²) in [5.74, 6) is 0.780. The maximum absolute atomic E-state index is 13.0. The molecule has 140 valence electrons. The van der Waals surface area contributed by atoms with E-state index in [2.05, 4.69) is 24.1 Å². The van der Waals surface area contributed by atoms with Gasteiger partial charge in [0.1, 0.15) is 0 Å². The molecular formula is C21H29N3O2. The van der Waals surface area contributed by atoms with Crippen LogP contribution in [0, 0.1) is 11.8 Å². The van der Waals surface area contributed by atoms with Crippen molar-refractivity contribution in [3.63, 3.8) is 0 Å². The topological polar surface area (TPSA) is 43.9 Å². The maximum atomic E-state index is 13.0. The molecule has 2 amide bonds. The molecule has 0 N–H and O–H groups in total. The van der Waals surface area contributed by atoms with Crippen molar-refractivity contribution in [1.29, 1.82) is 0 Å². The van der Waals surface area contributed by atoms with Crippen molar-refractivity contribution in [1.82, 2.24) is 9.80 Å². The van der Waals surface area contributed by atoms with Crippen LogP contribution in [0.5, 0.6) is 0 Å². The van der Waals surface area contributed by atoms with E-state index in [0.29, 0.717) is 5.91 Å². The lowest BCUT2D eigenvalue weighted by Gasteiger charge is -2.37. The maximum Gasteiger partial charge on any atom is 0.230 e. The molecule has 0 aromatic heterocycles. The summed E-state index contributed by atoms with van der Waals surface area (Å²) in [5, 5.41) is 0. The van der Waals surface area contributed by atoms with Crippen molar-refractivity contribution in [2.75, 3.05) is 44.7 Å². The molecule has 0 bridgehead atoms. The van der Waals surface area contributed by atoms with E-state index in [1.165, 1.54) is 5.56 Å². The zero-order chi connectivity index (χ0) is 18.1. The predicted octanol–water partition coefficient (Wildman–Crippen LogP) is 2.16. The van der Waals surface area contributed by atoms with E-state index in [4.69, 9.17) is 0 Å². The van der Waals surface area contributed by atoms with Gasteiger partial charge in [-0.15, -0.1) is 0 Å². The molecule has 5 heteroatoms. The van der Waals surface area contributed by atoms with Gasteiger partial charge in [-0.2, -0.15) is 0 Å². The summed E-state index contributed by atoms with van der Waals surface area (Å²) in [4.78, 5) is 32.0. The van der Waals surface area contributed by atoms with Gasteiger partial charge >= 0.3 is 0 Å². The van der Waals surface area contributed by atoms with E-state index in [9.17, 15) is 9.59 Å². The summed E-state index contributed by atoms with van der Waals surface area (Å²) in [6, 6.07) is 8.23. The van der Waals surface area contributed by atoms with Gasteiger partial charge in [0.2, 0.25) is 11.8 Å². The molecule has 2 aliphatic heterocycles. The zero-order valence-electron chi connectivity index (χ0n) is 15.7. The van der Waals surface area contributed by atoms with Crippen molar-refractivity contribution >= 4 is 17.5 Å². The smallest absolute Gasteiger partial charge is 0.230 e. The molecule has 0 spiro atoms. The Labute approximate surface area is 155 Å². The number of hydrogen-bond donors (Lipinski definition) is 0. The van der Waals surface area contributed by atoms with E-state index in [0.717, 1.165) is 70.5 Å². The molecule has 0 radical (unpaired) electrons. The molecule has 1 aliphatic carbocycles. The number of piperazine rings is 1. The van der Waals surface area contributed by atoms with Crippen LogP contribution in [0.25, 0.3) is 0 Å². The Kier molecular flexibility index (Phi) is 4.98. The fraction of sp³-hybridized carbons (Fsp3) is 0.619. The second kappa shape index (κ2) is 7.39. The van der Waals surface area contributed by atoms with E-state index in [1.807, 2.05) is 21.9 Å². The van der Waals surface area contributed by atoms with Gasteiger partial charge in [0.15, 0.2) is 0 Å². The first kappa shape index (κ1) is 17.5. The van der Waals surface area contributed by atoms with E-state index < -0.39 is 0 Å². The van der Waals surface area contributed by atoms with Gasteiger partial charge in [0.25, 0.3) is 0 Å². The fourth-order valence-corrected chi connectivity index (χ4v) is 4.66. The summed E-state index contributed by atoms with van der Waals surface area (Å²) in [5.41, 5.74) is 2.37. The molecule has 2 fully saturated rings. The summed E-state index contributed by atoms with van der Waals surface area (Å²) in [7, 11) is 2.11. The normalized spacial score (nSPS) is 26.7. The molecule has 3 aliphatic rings. The number of para-hydroxylation sites is 1. The highest BCUT2D eigenvalue weighted by Crippen LogP contribution is 2.35. The Hall–Kier alpha value is -1.88. The third kappa shape index (κ3) is 3.37. The number of rotatable bonds is 2. The first-order chi connectivity index (χ1) is 12.6. The Balaban J connectivity index is 1.32. The first-order valence-electron chi connectivity index (χ1n) is 10.00. The van der Waals surface area contributed by atoms with E-state index in [-0.39, 0.29) is 17.7 Å². The van der Waals surface area contributed by atoms with Crippen LogP contribution in [-0.4, -0.2) is 61.4 Å². The van der Waals surface area contributed by atoms with Crippen LogP contribution in [0.15, 0.2) is 24.3 Å². The standard InChI is InChI=1S/C21H29N3O2/c1-22-12-14-23(15-13-22)20(25)17-6-8-18(9-7-17)21(26)24-11-10-16-4-2-3-5-19(16)24/h2-5,17-18H,6-15H2,1H3. The fourth-order valence-electron chi connectivity index (χ4n) is 4.66. The molecule has 1 saturated heterocycles. The molecule has 0 unspecified atom stereocenters. The predicted molar refractivity (Wildman–Crippen MR) is 102 cm³/mol. The van der Waals surface area contributed by atoms with Crippen LogP contribution in [0.1, 0.15) is 31.2 Å². The van der Waals surface area contributed by atoms with Crippen LogP contribution in [0.4, 0.5) is 5.69 Å². The van der Waals surface area contributed by atoms with Gasteiger partial charge in [-0.25, -0.2) is 0 Å². The Morgan fingerprint density at radius 2 is 1.46 bits per heavy atom. The average molecular weight is 355 g/mol. The Morgan fingerprint density at radius 3 is 2.15 bits per heavy atom. The van der Waals surface area contributed by atoms with Crippen molar-refractivity contribution < 1.29 is 9.59 Å². The van der Waals surface area contributed by atoms with Gasteiger partial charge in [-0.05, 0) is 50.8 Å². The SMILES string of the molecule is CN1CCN(C(=O)C2CCC(C(=O)N3CCc4ccccc43)CC2)CC1. The molecule has 5 nitrogen and oxygen atoms in total. The molecule has 1 saturated carbocycles. The van der Waals surface area contributed by atoms with Gasteiger partial charge in [-0.1, -0.05) is 18.2 Å². The first-order valence-corrected chi connectivity index (χ1v) is 10.00. The number of amides is 2. The van der Waals surface area contributed by atoms with Crippen molar-refractivity contribution in [3.05, 3.63) is 29.8 Å². The number of nitrogens with zero attached hydrogens (tertiary/aromatic N) is 3. The molecule has 26 heavy (non-hydrogen) atoms. The highest BCUT2D eigenvalue weighted by atomic mass is 16.2. The number of carbonyl (C=O) groups excluding carboxylic acids is 2. The lowest BCUT2D eigenvalue weighted by atomic mass is 9.80. The number of anilines is 1. The monoisotopic (exact) mass is 355 g/mol. The number of fused-ring (bicyclic) bond motifs is 1. The summed E-state index contributed by atoms with van der Waals surface area (Å²) in [6.07, 6.45) is 4.37. The lowest BCUT2D eigenvalue weighted by Crippen LogP contribution is -2.49. The largest absolute Gasteiger partial charge is 0.340 e. The average Bonchev–Trinajstić information content (AvgIpc) is 3.12. The second-order valence-corrected chi connectivity index (χ2v) is 8.05. The number of likely N-dealkylation sites (N-methyl/N-ethyl adjacent to an activating group) is 1. The van der Waals surface area contributed by atoms with Gasteiger partial charge in [-0.3, -0.25) is 9.59 Å². The molecule has 1 aromatic rings. The Bertz CT molecular complexity index is 674. The van der Waals surface area contributed by atoms with Crippen molar-refractivity contribution in [3.8, 4) is 0 Å². The van der Waals surface area contributed by atoms with E-state index >= 15 is 0 Å². The van der Waals surface area contributed by atoms with E-state index in [1.54, 1.807) is 0 Å². The quantitative estimate of drug-likeness (QED) is 0.817. The summed E-state index contributed by atoms with van der Waals surface area (Å²) >= 11 is 0.